The van der Waals surface area contributed by atoms with E-state index in [4.69, 9.17) is 10.5 Å². The summed E-state index contributed by atoms with van der Waals surface area (Å²) in [6.45, 7) is 4.72. The van der Waals surface area contributed by atoms with Crippen molar-refractivity contribution in [1.82, 2.24) is 4.31 Å². The minimum absolute atomic E-state index is 0.0775. The molecule has 0 unspecified atom stereocenters. The van der Waals surface area contributed by atoms with Crippen LogP contribution in [-0.4, -0.2) is 44.4 Å². The van der Waals surface area contributed by atoms with Gasteiger partial charge in [-0.15, -0.1) is 0 Å². The minimum Gasteiger partial charge on any atom is -0.492 e. The zero-order chi connectivity index (χ0) is 17.7. The number of hydrogen-bond acceptors (Lipinski definition) is 5. The molecule has 1 atom stereocenters. The topological polar surface area (TPSA) is 102 Å². The molecule has 0 aliphatic carbocycles. The number of piperidine rings is 1. The van der Waals surface area contributed by atoms with E-state index in [0.717, 1.165) is 19.3 Å². The maximum Gasteiger partial charge on any atom is 0.246 e. The molecule has 1 amide bonds. The Kier molecular flexibility index (Phi) is 6.20. The first kappa shape index (κ1) is 18.7. The summed E-state index contributed by atoms with van der Waals surface area (Å²) in [7, 11) is -3.67. The number of hydrogen-bond donors (Lipinski definition) is 2. The number of nitrogens with two attached hydrogens (primary N) is 1. The van der Waals surface area contributed by atoms with Crippen LogP contribution in [0.1, 0.15) is 33.1 Å². The summed E-state index contributed by atoms with van der Waals surface area (Å²) in [4.78, 5) is 11.8. The number of carbonyl (C=O) groups excluding carboxylic acids is 1. The third kappa shape index (κ3) is 4.25. The van der Waals surface area contributed by atoms with E-state index in [1.807, 2.05) is 0 Å². The Morgan fingerprint density at radius 1 is 1.33 bits per heavy atom. The molecular weight excluding hydrogens is 330 g/mol. The number of amides is 1. The molecule has 1 aliphatic heterocycles. The Hall–Kier alpha value is -1.64. The first-order valence-electron chi connectivity index (χ1n) is 8.19. The molecule has 24 heavy (non-hydrogen) atoms. The molecule has 1 heterocycles. The van der Waals surface area contributed by atoms with Gasteiger partial charge in [-0.3, -0.25) is 4.79 Å². The highest BCUT2D eigenvalue weighted by Crippen LogP contribution is 2.31. The molecule has 1 aromatic rings. The quantitative estimate of drug-likeness (QED) is 0.806. The number of anilines is 1. The number of nitrogens with one attached hydrogen (secondary N) is 1. The van der Waals surface area contributed by atoms with Crippen molar-refractivity contribution in [2.24, 2.45) is 5.73 Å². The smallest absolute Gasteiger partial charge is 0.246 e. The average molecular weight is 355 g/mol. The van der Waals surface area contributed by atoms with Gasteiger partial charge >= 0.3 is 0 Å². The Morgan fingerprint density at radius 3 is 2.58 bits per heavy atom. The van der Waals surface area contributed by atoms with E-state index in [9.17, 15) is 13.2 Å². The van der Waals surface area contributed by atoms with E-state index in [-0.39, 0.29) is 10.8 Å². The van der Waals surface area contributed by atoms with Crippen molar-refractivity contribution in [3.05, 3.63) is 18.2 Å². The summed E-state index contributed by atoms with van der Waals surface area (Å²) in [5, 5.41) is 2.62. The number of rotatable bonds is 6. The third-order valence-corrected chi connectivity index (χ3v) is 5.78. The summed E-state index contributed by atoms with van der Waals surface area (Å²) in [6, 6.07) is 3.94. The Bertz CT molecular complexity index is 683. The van der Waals surface area contributed by atoms with Gasteiger partial charge in [0.05, 0.1) is 12.6 Å². The van der Waals surface area contributed by atoms with Crippen LogP contribution in [-0.2, 0) is 14.8 Å². The van der Waals surface area contributed by atoms with Crippen LogP contribution < -0.4 is 15.8 Å². The fraction of sp³-hybridized carbons (Fsp3) is 0.562. The molecule has 2 rings (SSSR count). The molecule has 0 aromatic heterocycles. The van der Waals surface area contributed by atoms with Gasteiger partial charge < -0.3 is 15.8 Å². The predicted molar refractivity (Wildman–Crippen MR) is 92.5 cm³/mol. The van der Waals surface area contributed by atoms with Crippen molar-refractivity contribution in [3.63, 3.8) is 0 Å². The summed E-state index contributed by atoms with van der Waals surface area (Å²) in [5.41, 5.74) is 5.92. The van der Waals surface area contributed by atoms with Gasteiger partial charge in [0.15, 0.2) is 0 Å². The van der Waals surface area contributed by atoms with Gasteiger partial charge in [0, 0.05) is 18.8 Å². The van der Waals surface area contributed by atoms with Crippen molar-refractivity contribution in [2.45, 2.75) is 44.0 Å². The van der Waals surface area contributed by atoms with Gasteiger partial charge in [-0.1, -0.05) is 6.42 Å². The van der Waals surface area contributed by atoms with Crippen LogP contribution in [0, 0.1) is 0 Å². The second kappa shape index (κ2) is 7.96. The first-order chi connectivity index (χ1) is 11.4. The van der Waals surface area contributed by atoms with Crippen molar-refractivity contribution in [1.29, 1.82) is 0 Å². The van der Waals surface area contributed by atoms with Gasteiger partial charge in [0.25, 0.3) is 0 Å². The lowest BCUT2D eigenvalue weighted by Crippen LogP contribution is -2.36. The van der Waals surface area contributed by atoms with Crippen molar-refractivity contribution in [3.8, 4) is 5.75 Å². The van der Waals surface area contributed by atoms with Gasteiger partial charge in [0.1, 0.15) is 10.6 Å². The highest BCUT2D eigenvalue weighted by Gasteiger charge is 2.29. The Balaban J connectivity index is 2.38. The molecule has 134 valence electrons. The standard InChI is InChI=1S/C16H25N3O4S/c1-3-23-14-8-7-13(18-16(20)12(2)17)11-15(14)24(21,22)19-9-5-4-6-10-19/h7-8,11-12H,3-6,9-10,17H2,1-2H3,(H,18,20)/t12-/m0/s1. The van der Waals surface area contributed by atoms with E-state index >= 15 is 0 Å². The highest BCUT2D eigenvalue weighted by molar-refractivity contribution is 7.89. The van der Waals surface area contributed by atoms with Crippen LogP contribution in [0.4, 0.5) is 5.69 Å². The van der Waals surface area contributed by atoms with Gasteiger partial charge in [0.2, 0.25) is 15.9 Å². The summed E-state index contributed by atoms with van der Waals surface area (Å²) < 4.78 is 32.9. The van der Waals surface area contributed by atoms with Crippen LogP contribution in [0.3, 0.4) is 0 Å². The molecular formula is C16H25N3O4S. The third-order valence-electron chi connectivity index (χ3n) is 3.86. The predicted octanol–water partition coefficient (Wildman–Crippen LogP) is 1.55. The number of ether oxygens (including phenoxy) is 1. The van der Waals surface area contributed by atoms with Crippen LogP contribution >= 0.6 is 0 Å². The van der Waals surface area contributed by atoms with Crippen LogP contribution in [0.5, 0.6) is 5.75 Å². The van der Waals surface area contributed by atoms with Gasteiger partial charge in [-0.2, -0.15) is 4.31 Å². The lowest BCUT2D eigenvalue weighted by Gasteiger charge is -2.27. The molecule has 1 saturated heterocycles. The monoisotopic (exact) mass is 355 g/mol. The molecule has 0 radical (unpaired) electrons. The van der Waals surface area contributed by atoms with E-state index in [1.165, 1.54) is 10.4 Å². The van der Waals surface area contributed by atoms with Gasteiger partial charge in [-0.25, -0.2) is 8.42 Å². The maximum absolute atomic E-state index is 13.0. The normalized spacial score (nSPS) is 17.3. The largest absolute Gasteiger partial charge is 0.492 e. The molecule has 7 nitrogen and oxygen atoms in total. The van der Waals surface area contributed by atoms with E-state index in [1.54, 1.807) is 26.0 Å². The molecule has 3 N–H and O–H groups in total. The molecule has 0 saturated carbocycles. The van der Waals surface area contributed by atoms with E-state index in [2.05, 4.69) is 5.32 Å². The summed E-state index contributed by atoms with van der Waals surface area (Å²) in [5.74, 6) is -0.0812. The zero-order valence-electron chi connectivity index (χ0n) is 14.1. The van der Waals surface area contributed by atoms with Gasteiger partial charge in [-0.05, 0) is 44.9 Å². The second-order valence-electron chi connectivity index (χ2n) is 5.84. The molecule has 0 bridgehead atoms. The second-order valence-corrected chi connectivity index (χ2v) is 7.74. The van der Waals surface area contributed by atoms with Crippen LogP contribution in [0.15, 0.2) is 23.1 Å². The molecule has 8 heteroatoms. The minimum atomic E-state index is -3.67. The Labute approximate surface area is 143 Å². The molecule has 0 spiro atoms. The fourth-order valence-corrected chi connectivity index (χ4v) is 4.24. The SMILES string of the molecule is CCOc1ccc(NC(=O)[C@H](C)N)cc1S(=O)(=O)N1CCCCC1. The van der Waals surface area contributed by atoms with E-state index < -0.39 is 16.1 Å². The summed E-state index contributed by atoms with van der Waals surface area (Å²) in [6.07, 6.45) is 2.74. The zero-order valence-corrected chi connectivity index (χ0v) is 14.9. The lowest BCUT2D eigenvalue weighted by molar-refractivity contribution is -0.117. The lowest BCUT2D eigenvalue weighted by atomic mass is 10.2. The summed E-state index contributed by atoms with van der Waals surface area (Å²) >= 11 is 0. The average Bonchev–Trinajstić information content (AvgIpc) is 2.57. The Morgan fingerprint density at radius 2 is 2.00 bits per heavy atom. The van der Waals surface area contributed by atoms with Crippen LogP contribution in [0.25, 0.3) is 0 Å². The van der Waals surface area contributed by atoms with Crippen molar-refractivity contribution < 1.29 is 17.9 Å². The van der Waals surface area contributed by atoms with Crippen LogP contribution in [0.2, 0.25) is 0 Å². The highest BCUT2D eigenvalue weighted by atomic mass is 32.2. The number of sulfonamides is 1. The van der Waals surface area contributed by atoms with Crippen molar-refractivity contribution in [2.75, 3.05) is 25.0 Å². The number of benzene rings is 1. The fourth-order valence-electron chi connectivity index (χ4n) is 2.56. The maximum atomic E-state index is 13.0. The van der Waals surface area contributed by atoms with Crippen molar-refractivity contribution >= 4 is 21.6 Å². The first-order valence-corrected chi connectivity index (χ1v) is 9.63. The number of carbonyl (C=O) groups is 1. The number of nitrogens with zero attached hydrogens (tertiary/aromatic N) is 1. The molecule has 1 aromatic carbocycles. The molecule has 1 fully saturated rings. The van der Waals surface area contributed by atoms with E-state index in [0.29, 0.717) is 31.1 Å². The molecule has 1 aliphatic rings.